The van der Waals surface area contributed by atoms with Crippen LogP contribution in [0.3, 0.4) is 0 Å². The summed E-state index contributed by atoms with van der Waals surface area (Å²) in [5.41, 5.74) is 0.818. The highest BCUT2D eigenvalue weighted by molar-refractivity contribution is 5.47. The second kappa shape index (κ2) is 6.37. The molecule has 2 rings (SSSR count). The Morgan fingerprint density at radius 1 is 1.00 bits per heavy atom. The Kier molecular flexibility index (Phi) is 4.56. The predicted molar refractivity (Wildman–Crippen MR) is 75.9 cm³/mol. The van der Waals surface area contributed by atoms with E-state index >= 15 is 0 Å². The third kappa shape index (κ3) is 3.70. The molecule has 0 amide bonds. The van der Waals surface area contributed by atoms with Crippen molar-refractivity contribution in [1.82, 2.24) is 0 Å². The first-order valence-corrected chi connectivity index (χ1v) is 6.49. The summed E-state index contributed by atoms with van der Waals surface area (Å²) in [6, 6.07) is 11.1. The lowest BCUT2D eigenvalue weighted by molar-refractivity contribution is 0.242. The van der Waals surface area contributed by atoms with Crippen molar-refractivity contribution in [3.8, 4) is 5.75 Å². The minimum atomic E-state index is -0.544. The smallest absolute Gasteiger partial charge is 0.131 e. The summed E-state index contributed by atoms with van der Waals surface area (Å²) in [7, 11) is 0. The van der Waals surface area contributed by atoms with E-state index in [1.165, 1.54) is 18.2 Å². The van der Waals surface area contributed by atoms with Gasteiger partial charge in [-0.1, -0.05) is 6.07 Å². The molecule has 0 fully saturated rings. The topological polar surface area (TPSA) is 21.3 Å². The van der Waals surface area contributed by atoms with E-state index in [1.807, 2.05) is 38.1 Å². The maximum absolute atomic E-state index is 13.5. The fourth-order valence-electron chi connectivity index (χ4n) is 1.82. The molecule has 2 aromatic rings. The van der Waals surface area contributed by atoms with E-state index in [0.29, 0.717) is 0 Å². The standard InChI is InChI=1S/C16H17F2NO/c1-11(2)20-13-8-6-12(7-9-13)19-10-14-15(17)4-3-5-16(14)18/h3-9,11,19H,10H2,1-2H3. The van der Waals surface area contributed by atoms with Gasteiger partial charge in [0.15, 0.2) is 0 Å². The highest BCUT2D eigenvalue weighted by atomic mass is 19.1. The van der Waals surface area contributed by atoms with Crippen molar-refractivity contribution >= 4 is 5.69 Å². The Hall–Kier alpha value is -2.10. The highest BCUT2D eigenvalue weighted by Gasteiger charge is 2.07. The molecule has 0 aliphatic carbocycles. The minimum absolute atomic E-state index is 0.0370. The average Bonchev–Trinajstić information content (AvgIpc) is 2.39. The maximum Gasteiger partial charge on any atom is 0.131 e. The number of hydrogen-bond donors (Lipinski definition) is 1. The predicted octanol–water partition coefficient (Wildman–Crippen LogP) is 4.36. The second-order valence-electron chi connectivity index (χ2n) is 4.74. The molecule has 1 N–H and O–H groups in total. The molecule has 0 aliphatic rings. The van der Waals surface area contributed by atoms with Crippen molar-refractivity contribution in [2.75, 3.05) is 5.32 Å². The molecule has 0 unspecified atom stereocenters. The van der Waals surface area contributed by atoms with Gasteiger partial charge in [-0.15, -0.1) is 0 Å². The summed E-state index contributed by atoms with van der Waals surface area (Å²) in [5, 5.41) is 2.99. The molecule has 0 saturated carbocycles. The van der Waals surface area contributed by atoms with Gasteiger partial charge in [0.2, 0.25) is 0 Å². The van der Waals surface area contributed by atoms with Gasteiger partial charge in [0.1, 0.15) is 17.4 Å². The van der Waals surface area contributed by atoms with E-state index in [4.69, 9.17) is 4.74 Å². The first kappa shape index (κ1) is 14.3. The van der Waals surface area contributed by atoms with Gasteiger partial charge < -0.3 is 10.1 Å². The van der Waals surface area contributed by atoms with Crippen molar-refractivity contribution in [1.29, 1.82) is 0 Å². The normalized spacial score (nSPS) is 10.7. The molecule has 0 atom stereocenters. The SMILES string of the molecule is CC(C)Oc1ccc(NCc2c(F)cccc2F)cc1. The molecule has 0 saturated heterocycles. The van der Waals surface area contributed by atoms with E-state index in [0.717, 1.165) is 11.4 Å². The average molecular weight is 277 g/mol. The van der Waals surface area contributed by atoms with E-state index in [-0.39, 0.29) is 18.2 Å². The zero-order chi connectivity index (χ0) is 14.5. The monoisotopic (exact) mass is 277 g/mol. The van der Waals surface area contributed by atoms with Crippen molar-refractivity contribution in [2.24, 2.45) is 0 Å². The molecule has 2 nitrogen and oxygen atoms in total. The van der Waals surface area contributed by atoms with Crippen molar-refractivity contribution < 1.29 is 13.5 Å². The van der Waals surface area contributed by atoms with E-state index < -0.39 is 11.6 Å². The molecule has 0 aliphatic heterocycles. The second-order valence-corrected chi connectivity index (χ2v) is 4.74. The summed E-state index contributed by atoms with van der Waals surface area (Å²) in [6.45, 7) is 4.00. The molecule has 0 aromatic heterocycles. The van der Waals surface area contributed by atoms with Crippen molar-refractivity contribution in [3.63, 3.8) is 0 Å². The summed E-state index contributed by atoms with van der Waals surface area (Å²) >= 11 is 0. The lowest BCUT2D eigenvalue weighted by Crippen LogP contribution is -2.06. The van der Waals surface area contributed by atoms with Crippen LogP contribution < -0.4 is 10.1 Å². The van der Waals surface area contributed by atoms with Crippen LogP contribution in [0.1, 0.15) is 19.4 Å². The third-order valence-electron chi connectivity index (χ3n) is 2.76. The van der Waals surface area contributed by atoms with E-state index in [2.05, 4.69) is 5.32 Å². The molecular formula is C16H17F2NO. The van der Waals surface area contributed by atoms with Gasteiger partial charge in [0, 0.05) is 17.8 Å². The molecule has 0 heterocycles. The van der Waals surface area contributed by atoms with Gasteiger partial charge in [0.25, 0.3) is 0 Å². The zero-order valence-corrected chi connectivity index (χ0v) is 11.5. The van der Waals surface area contributed by atoms with Crippen molar-refractivity contribution in [3.05, 3.63) is 59.7 Å². The van der Waals surface area contributed by atoms with Crippen LogP contribution >= 0.6 is 0 Å². The fourth-order valence-corrected chi connectivity index (χ4v) is 1.82. The Labute approximate surface area is 117 Å². The van der Waals surface area contributed by atoms with E-state index in [1.54, 1.807) is 0 Å². The Bertz CT molecular complexity index is 547. The molecule has 2 aromatic carbocycles. The van der Waals surface area contributed by atoms with Crippen LogP contribution in [0.15, 0.2) is 42.5 Å². The molecule has 106 valence electrons. The summed E-state index contributed by atoms with van der Waals surface area (Å²) in [4.78, 5) is 0. The first-order chi connectivity index (χ1) is 9.56. The Balaban J connectivity index is 2.00. The van der Waals surface area contributed by atoms with Gasteiger partial charge >= 0.3 is 0 Å². The minimum Gasteiger partial charge on any atom is -0.491 e. The van der Waals surface area contributed by atoms with Crippen LogP contribution in [0.25, 0.3) is 0 Å². The van der Waals surface area contributed by atoms with Crippen molar-refractivity contribution in [2.45, 2.75) is 26.5 Å². The number of halogens is 2. The molecule has 20 heavy (non-hydrogen) atoms. The summed E-state index contributed by atoms with van der Waals surface area (Å²) in [5.74, 6) is -0.322. The number of ether oxygens (including phenoxy) is 1. The van der Waals surface area contributed by atoms with Crippen LogP contribution in [-0.2, 0) is 6.54 Å². The number of nitrogens with one attached hydrogen (secondary N) is 1. The quantitative estimate of drug-likeness (QED) is 0.876. The largest absolute Gasteiger partial charge is 0.491 e. The number of hydrogen-bond acceptors (Lipinski definition) is 2. The fraction of sp³-hybridized carbons (Fsp3) is 0.250. The molecule has 0 bridgehead atoms. The van der Waals surface area contributed by atoms with Crippen LogP contribution in [0.5, 0.6) is 5.75 Å². The molecule has 0 spiro atoms. The highest BCUT2D eigenvalue weighted by Crippen LogP contribution is 2.19. The first-order valence-electron chi connectivity index (χ1n) is 6.49. The Morgan fingerprint density at radius 3 is 2.15 bits per heavy atom. The van der Waals surface area contributed by atoms with Gasteiger partial charge in [-0.05, 0) is 50.2 Å². The van der Waals surface area contributed by atoms with Crippen LogP contribution in [-0.4, -0.2) is 6.10 Å². The van der Waals surface area contributed by atoms with Gasteiger partial charge in [-0.3, -0.25) is 0 Å². The van der Waals surface area contributed by atoms with Gasteiger partial charge in [0.05, 0.1) is 6.10 Å². The van der Waals surface area contributed by atoms with E-state index in [9.17, 15) is 8.78 Å². The number of rotatable bonds is 5. The summed E-state index contributed by atoms with van der Waals surface area (Å²) in [6.07, 6.45) is 0.112. The Morgan fingerprint density at radius 2 is 1.60 bits per heavy atom. The maximum atomic E-state index is 13.5. The number of benzene rings is 2. The summed E-state index contributed by atoms with van der Waals surface area (Å²) < 4.78 is 32.4. The molecule has 4 heteroatoms. The lowest BCUT2D eigenvalue weighted by Gasteiger charge is -2.11. The molecular weight excluding hydrogens is 260 g/mol. The van der Waals surface area contributed by atoms with Crippen LogP contribution in [0.2, 0.25) is 0 Å². The number of anilines is 1. The third-order valence-corrected chi connectivity index (χ3v) is 2.76. The molecule has 0 radical (unpaired) electrons. The van der Waals surface area contributed by atoms with Gasteiger partial charge in [-0.2, -0.15) is 0 Å². The van der Waals surface area contributed by atoms with Gasteiger partial charge in [-0.25, -0.2) is 8.78 Å². The van der Waals surface area contributed by atoms with Crippen LogP contribution in [0.4, 0.5) is 14.5 Å². The lowest BCUT2D eigenvalue weighted by atomic mass is 10.2. The zero-order valence-electron chi connectivity index (χ0n) is 11.5. The van der Waals surface area contributed by atoms with Crippen LogP contribution in [0, 0.1) is 11.6 Å².